The molecule has 1 atom stereocenters. The van der Waals surface area contributed by atoms with E-state index in [0.717, 1.165) is 0 Å². The van der Waals surface area contributed by atoms with Crippen LogP contribution in [0.25, 0.3) is 0 Å². The van der Waals surface area contributed by atoms with Crippen LogP contribution < -0.4 is 19.5 Å². The van der Waals surface area contributed by atoms with Crippen molar-refractivity contribution in [2.75, 3.05) is 26.9 Å². The molecule has 2 aromatic carbocycles. The number of rotatable bonds is 6. The lowest BCUT2D eigenvalue weighted by atomic mass is 10.2. The number of hydrogen-bond donors (Lipinski definition) is 1. The SMILES string of the molecule is COc1ccc(C(=O)OCC(=O)NC[C@H]2COc3ccccc3O2)cc1. The Morgan fingerprint density at radius 1 is 1.12 bits per heavy atom. The zero-order valence-electron chi connectivity index (χ0n) is 14.3. The quantitative estimate of drug-likeness (QED) is 0.794. The highest BCUT2D eigenvalue weighted by molar-refractivity contribution is 5.91. The fourth-order valence-electron chi connectivity index (χ4n) is 2.38. The molecule has 1 N–H and O–H groups in total. The van der Waals surface area contributed by atoms with Gasteiger partial charge in [-0.15, -0.1) is 0 Å². The van der Waals surface area contributed by atoms with Crippen LogP contribution in [0.3, 0.4) is 0 Å². The third-order valence-electron chi connectivity index (χ3n) is 3.75. The molecule has 7 heteroatoms. The van der Waals surface area contributed by atoms with Gasteiger partial charge in [-0.25, -0.2) is 4.79 Å². The van der Waals surface area contributed by atoms with Crippen LogP contribution in [0.15, 0.2) is 48.5 Å². The molecule has 1 aliphatic rings. The Hall–Kier alpha value is -3.22. The van der Waals surface area contributed by atoms with Crippen LogP contribution in [-0.4, -0.2) is 44.8 Å². The van der Waals surface area contributed by atoms with Crippen LogP contribution in [0, 0.1) is 0 Å². The van der Waals surface area contributed by atoms with E-state index >= 15 is 0 Å². The van der Waals surface area contributed by atoms with Gasteiger partial charge in [-0.2, -0.15) is 0 Å². The zero-order valence-corrected chi connectivity index (χ0v) is 14.3. The van der Waals surface area contributed by atoms with Crippen molar-refractivity contribution >= 4 is 11.9 Å². The van der Waals surface area contributed by atoms with Crippen LogP contribution in [0.1, 0.15) is 10.4 Å². The van der Waals surface area contributed by atoms with Crippen molar-refractivity contribution in [2.45, 2.75) is 6.10 Å². The molecule has 7 nitrogen and oxygen atoms in total. The van der Waals surface area contributed by atoms with Gasteiger partial charge < -0.3 is 24.3 Å². The van der Waals surface area contributed by atoms with Gasteiger partial charge >= 0.3 is 5.97 Å². The van der Waals surface area contributed by atoms with Crippen molar-refractivity contribution in [3.8, 4) is 17.2 Å². The molecule has 0 aromatic heterocycles. The first-order valence-corrected chi connectivity index (χ1v) is 8.12. The van der Waals surface area contributed by atoms with Crippen LogP contribution in [-0.2, 0) is 9.53 Å². The highest BCUT2D eigenvalue weighted by atomic mass is 16.6. The molecule has 0 fully saturated rings. The minimum absolute atomic E-state index is 0.257. The van der Waals surface area contributed by atoms with Crippen molar-refractivity contribution in [3.63, 3.8) is 0 Å². The van der Waals surface area contributed by atoms with E-state index in [9.17, 15) is 9.59 Å². The number of amides is 1. The van der Waals surface area contributed by atoms with Gasteiger partial charge in [0.2, 0.25) is 0 Å². The summed E-state index contributed by atoms with van der Waals surface area (Å²) in [6.07, 6.45) is -0.300. The molecule has 26 heavy (non-hydrogen) atoms. The molecule has 1 aliphatic heterocycles. The van der Waals surface area contributed by atoms with Gasteiger partial charge in [0.15, 0.2) is 18.1 Å². The average molecular weight is 357 g/mol. The Kier molecular flexibility index (Phi) is 5.58. The number of carbonyl (C=O) groups is 2. The van der Waals surface area contributed by atoms with Crippen LogP contribution >= 0.6 is 0 Å². The lowest BCUT2D eigenvalue weighted by molar-refractivity contribution is -0.124. The summed E-state index contributed by atoms with van der Waals surface area (Å²) in [7, 11) is 1.54. The maximum atomic E-state index is 11.9. The van der Waals surface area contributed by atoms with E-state index in [0.29, 0.717) is 29.4 Å². The maximum absolute atomic E-state index is 11.9. The van der Waals surface area contributed by atoms with E-state index in [1.165, 1.54) is 7.11 Å². The molecule has 2 aromatic rings. The monoisotopic (exact) mass is 357 g/mol. The second-order valence-electron chi connectivity index (χ2n) is 5.61. The number of methoxy groups -OCH3 is 1. The lowest BCUT2D eigenvalue weighted by Crippen LogP contribution is -2.42. The molecule has 3 rings (SSSR count). The Balaban J connectivity index is 1.41. The molecule has 0 unspecified atom stereocenters. The number of carbonyl (C=O) groups excluding carboxylic acids is 2. The van der Waals surface area contributed by atoms with Crippen LogP contribution in [0.2, 0.25) is 0 Å². The number of fused-ring (bicyclic) bond motifs is 1. The van der Waals surface area contributed by atoms with Gasteiger partial charge in [0.05, 0.1) is 19.2 Å². The molecule has 1 amide bonds. The molecule has 0 saturated carbocycles. The zero-order chi connectivity index (χ0) is 18.4. The summed E-state index contributed by atoms with van der Waals surface area (Å²) < 4.78 is 21.3. The van der Waals surface area contributed by atoms with Gasteiger partial charge in [0.25, 0.3) is 5.91 Å². The summed E-state index contributed by atoms with van der Waals surface area (Å²) in [4.78, 5) is 23.8. The van der Waals surface area contributed by atoms with Gasteiger partial charge in [0.1, 0.15) is 18.5 Å². The topological polar surface area (TPSA) is 83.1 Å². The number of nitrogens with one attached hydrogen (secondary N) is 1. The Bertz CT molecular complexity index is 774. The van der Waals surface area contributed by atoms with Crippen molar-refractivity contribution in [3.05, 3.63) is 54.1 Å². The van der Waals surface area contributed by atoms with E-state index in [1.807, 2.05) is 18.2 Å². The minimum Gasteiger partial charge on any atom is -0.497 e. The van der Waals surface area contributed by atoms with Gasteiger partial charge in [0, 0.05) is 0 Å². The van der Waals surface area contributed by atoms with Gasteiger partial charge in [-0.3, -0.25) is 4.79 Å². The predicted octanol–water partition coefficient (Wildman–Crippen LogP) is 1.81. The number of hydrogen-bond acceptors (Lipinski definition) is 6. The first-order valence-electron chi connectivity index (χ1n) is 8.12. The van der Waals surface area contributed by atoms with E-state index in [2.05, 4.69) is 5.32 Å². The molecule has 0 radical (unpaired) electrons. The Morgan fingerprint density at radius 2 is 1.85 bits per heavy atom. The summed E-state index contributed by atoms with van der Waals surface area (Å²) in [6.45, 7) is 0.227. The Labute approximate surface area is 150 Å². The van der Waals surface area contributed by atoms with Gasteiger partial charge in [-0.1, -0.05) is 12.1 Å². The fourth-order valence-corrected chi connectivity index (χ4v) is 2.38. The normalized spacial score (nSPS) is 15.0. The van der Waals surface area contributed by atoms with Crippen molar-refractivity contribution in [2.24, 2.45) is 0 Å². The molecule has 0 aliphatic carbocycles. The average Bonchev–Trinajstić information content (AvgIpc) is 2.70. The van der Waals surface area contributed by atoms with Crippen LogP contribution in [0.5, 0.6) is 17.2 Å². The van der Waals surface area contributed by atoms with E-state index in [1.54, 1.807) is 30.3 Å². The number of para-hydroxylation sites is 2. The fraction of sp³-hybridized carbons (Fsp3) is 0.263. The number of ether oxygens (including phenoxy) is 4. The summed E-state index contributed by atoms with van der Waals surface area (Å²) >= 11 is 0. The minimum atomic E-state index is -0.575. The molecule has 136 valence electrons. The lowest BCUT2D eigenvalue weighted by Gasteiger charge is -2.26. The molecule has 1 heterocycles. The third kappa shape index (κ3) is 4.44. The number of esters is 1. The maximum Gasteiger partial charge on any atom is 0.338 e. The van der Waals surface area contributed by atoms with E-state index in [-0.39, 0.29) is 19.3 Å². The highest BCUT2D eigenvalue weighted by Gasteiger charge is 2.21. The third-order valence-corrected chi connectivity index (χ3v) is 3.75. The molecular weight excluding hydrogens is 338 g/mol. The van der Waals surface area contributed by atoms with Crippen molar-refractivity contribution in [1.82, 2.24) is 5.32 Å². The molecule has 0 spiro atoms. The van der Waals surface area contributed by atoms with Crippen molar-refractivity contribution in [1.29, 1.82) is 0 Å². The van der Waals surface area contributed by atoms with E-state index < -0.39 is 11.9 Å². The molecule has 0 bridgehead atoms. The largest absolute Gasteiger partial charge is 0.497 e. The second kappa shape index (κ2) is 8.24. The summed E-state index contributed by atoms with van der Waals surface area (Å²) in [5, 5.41) is 2.67. The second-order valence-corrected chi connectivity index (χ2v) is 5.61. The van der Waals surface area contributed by atoms with E-state index in [4.69, 9.17) is 18.9 Å². The first-order chi connectivity index (χ1) is 12.7. The summed E-state index contributed by atoms with van der Waals surface area (Å²) in [5.41, 5.74) is 0.347. The highest BCUT2D eigenvalue weighted by Crippen LogP contribution is 2.30. The van der Waals surface area contributed by atoms with Crippen LogP contribution in [0.4, 0.5) is 0 Å². The standard InChI is InChI=1S/C19H19NO6/c1-23-14-8-6-13(7-9-14)19(22)25-12-18(21)20-10-15-11-24-16-4-2-3-5-17(16)26-15/h2-9,15H,10-12H2,1H3,(H,20,21)/t15-/m0/s1. The van der Waals surface area contributed by atoms with Gasteiger partial charge in [-0.05, 0) is 36.4 Å². The molecular formula is C19H19NO6. The predicted molar refractivity (Wildman–Crippen MR) is 92.6 cm³/mol. The summed E-state index contributed by atoms with van der Waals surface area (Å²) in [6, 6.07) is 13.8. The smallest absolute Gasteiger partial charge is 0.338 e. The molecule has 0 saturated heterocycles. The Morgan fingerprint density at radius 3 is 2.58 bits per heavy atom. The number of benzene rings is 2. The van der Waals surface area contributed by atoms with Crippen molar-refractivity contribution < 1.29 is 28.5 Å². The first kappa shape index (κ1) is 17.6. The summed E-state index contributed by atoms with van der Waals surface area (Å²) in [5.74, 6) is 0.978.